The molecule has 0 saturated heterocycles. The van der Waals surface area contributed by atoms with Gasteiger partial charge >= 0.3 is 11.8 Å². The van der Waals surface area contributed by atoms with E-state index < -0.39 is 0 Å². The summed E-state index contributed by atoms with van der Waals surface area (Å²) in [6.45, 7) is 1.64. The van der Waals surface area contributed by atoms with Gasteiger partial charge in [-0.25, -0.2) is 9.59 Å². The smallest absolute Gasteiger partial charge is 0.410 e. The quantitative estimate of drug-likeness (QED) is 0.897. The van der Waals surface area contributed by atoms with Gasteiger partial charge in [0.05, 0.1) is 12.2 Å². The number of aromatic amines is 1. The van der Waals surface area contributed by atoms with E-state index in [9.17, 15) is 9.59 Å². The van der Waals surface area contributed by atoms with Crippen LogP contribution in [0.1, 0.15) is 11.3 Å². The molecule has 6 heteroatoms. The Hall–Kier alpha value is -2.50. The van der Waals surface area contributed by atoms with Crippen LogP contribution in [0.15, 0.2) is 41.3 Å². The van der Waals surface area contributed by atoms with Crippen LogP contribution in [0.25, 0.3) is 0 Å². The molecule has 1 aromatic heterocycles. The summed E-state index contributed by atoms with van der Waals surface area (Å²) in [5.41, 5.74) is 1.63. The van der Waals surface area contributed by atoms with Gasteiger partial charge < -0.3 is 14.6 Å². The van der Waals surface area contributed by atoms with Crippen molar-refractivity contribution in [2.45, 2.75) is 19.7 Å². The molecule has 104 valence electrons. The van der Waals surface area contributed by atoms with Crippen molar-refractivity contribution in [3.63, 3.8) is 0 Å². The van der Waals surface area contributed by atoms with E-state index >= 15 is 0 Å². The molecule has 1 aliphatic heterocycles. The second-order valence-electron chi connectivity index (χ2n) is 4.70. The third-order valence-electron chi connectivity index (χ3n) is 3.36. The number of nitrogens with one attached hydrogen (secondary N) is 1. The monoisotopic (exact) mass is 273 g/mol. The summed E-state index contributed by atoms with van der Waals surface area (Å²) in [6, 6.07) is 9.55. The number of hydrogen-bond donors (Lipinski definition) is 1. The predicted octanol–water partition coefficient (Wildman–Crippen LogP) is 1.33. The van der Waals surface area contributed by atoms with Crippen molar-refractivity contribution in [3.8, 4) is 0 Å². The first-order valence-electron chi connectivity index (χ1n) is 6.47. The Balaban J connectivity index is 1.60. The lowest BCUT2D eigenvalue weighted by Gasteiger charge is -2.26. The predicted molar refractivity (Wildman–Crippen MR) is 72.1 cm³/mol. The maximum absolute atomic E-state index is 12.0. The number of amides is 1. The highest BCUT2D eigenvalue weighted by atomic mass is 16.6. The molecule has 0 radical (unpaired) electrons. The molecule has 0 aliphatic carbocycles. The summed E-state index contributed by atoms with van der Waals surface area (Å²) >= 11 is 0. The molecule has 0 bridgehead atoms. The normalized spacial score (nSPS) is 13.9. The van der Waals surface area contributed by atoms with Crippen LogP contribution >= 0.6 is 0 Å². The molecule has 2 heterocycles. The molecule has 6 nitrogen and oxygen atoms in total. The van der Waals surface area contributed by atoms with E-state index in [1.54, 1.807) is 15.7 Å². The first-order chi connectivity index (χ1) is 9.74. The number of rotatable bonds is 2. The van der Waals surface area contributed by atoms with Gasteiger partial charge in [0.15, 0.2) is 0 Å². The number of aromatic nitrogens is 2. The van der Waals surface area contributed by atoms with Crippen molar-refractivity contribution >= 4 is 6.09 Å². The average molecular weight is 273 g/mol. The van der Waals surface area contributed by atoms with Crippen molar-refractivity contribution in [2.24, 2.45) is 0 Å². The Morgan fingerprint density at radius 1 is 1.25 bits per heavy atom. The van der Waals surface area contributed by atoms with Crippen molar-refractivity contribution in [1.82, 2.24) is 14.5 Å². The number of nitrogens with zero attached hydrogens (tertiary/aromatic N) is 2. The van der Waals surface area contributed by atoms with Gasteiger partial charge in [0.25, 0.3) is 0 Å². The highest BCUT2D eigenvalue weighted by Gasteiger charge is 2.22. The van der Waals surface area contributed by atoms with E-state index in [2.05, 4.69) is 4.98 Å². The molecule has 1 aromatic carbocycles. The van der Waals surface area contributed by atoms with E-state index in [0.29, 0.717) is 19.6 Å². The van der Waals surface area contributed by atoms with E-state index in [0.717, 1.165) is 11.3 Å². The van der Waals surface area contributed by atoms with Gasteiger partial charge in [-0.3, -0.25) is 4.57 Å². The van der Waals surface area contributed by atoms with Gasteiger partial charge in [-0.2, -0.15) is 0 Å². The molecule has 0 unspecified atom stereocenters. The highest BCUT2D eigenvalue weighted by molar-refractivity contribution is 5.67. The Bertz CT molecular complexity index is 660. The molecule has 3 rings (SSSR count). The number of benzene rings is 1. The summed E-state index contributed by atoms with van der Waals surface area (Å²) in [6.07, 6.45) is 1.28. The van der Waals surface area contributed by atoms with Crippen molar-refractivity contribution in [2.75, 3.05) is 6.54 Å². The van der Waals surface area contributed by atoms with Crippen LogP contribution in [-0.4, -0.2) is 27.1 Å². The Morgan fingerprint density at radius 2 is 2.05 bits per heavy atom. The third-order valence-corrected chi connectivity index (χ3v) is 3.36. The first kappa shape index (κ1) is 12.5. The molecular formula is C14H15N3O3. The number of carbonyl (C=O) groups excluding carboxylic acids is 1. The van der Waals surface area contributed by atoms with E-state index in [1.165, 1.54) is 0 Å². The summed E-state index contributed by atoms with van der Waals surface area (Å²) in [5.74, 6) is 0. The minimum absolute atomic E-state index is 0.127. The summed E-state index contributed by atoms with van der Waals surface area (Å²) in [4.78, 5) is 27.6. The van der Waals surface area contributed by atoms with Crippen LogP contribution < -0.4 is 5.69 Å². The van der Waals surface area contributed by atoms with Gasteiger partial charge in [-0.1, -0.05) is 30.3 Å². The van der Waals surface area contributed by atoms with Crippen molar-refractivity contribution < 1.29 is 9.53 Å². The second kappa shape index (κ2) is 5.24. The summed E-state index contributed by atoms with van der Waals surface area (Å²) < 4.78 is 6.92. The largest absolute Gasteiger partial charge is 0.445 e. The molecule has 1 N–H and O–H groups in total. The molecule has 20 heavy (non-hydrogen) atoms. The van der Waals surface area contributed by atoms with Crippen LogP contribution in [-0.2, 0) is 24.4 Å². The molecule has 0 saturated carbocycles. The zero-order valence-electron chi connectivity index (χ0n) is 10.9. The van der Waals surface area contributed by atoms with E-state index in [4.69, 9.17) is 4.74 Å². The van der Waals surface area contributed by atoms with Gasteiger partial charge in [0.2, 0.25) is 0 Å². The van der Waals surface area contributed by atoms with Crippen molar-refractivity contribution in [3.05, 3.63) is 58.3 Å². The topological polar surface area (TPSA) is 67.3 Å². The molecule has 2 aromatic rings. The molecule has 0 atom stereocenters. The fourth-order valence-electron chi connectivity index (χ4n) is 2.27. The minimum atomic E-state index is -0.353. The fourth-order valence-corrected chi connectivity index (χ4v) is 2.27. The maximum Gasteiger partial charge on any atom is 0.410 e. The van der Waals surface area contributed by atoms with Gasteiger partial charge in [-0.05, 0) is 5.56 Å². The Labute approximate surface area is 115 Å². The highest BCUT2D eigenvalue weighted by Crippen LogP contribution is 2.11. The van der Waals surface area contributed by atoms with E-state index in [1.807, 2.05) is 30.3 Å². The lowest BCUT2D eigenvalue weighted by molar-refractivity contribution is 0.0867. The zero-order valence-corrected chi connectivity index (χ0v) is 10.9. The summed E-state index contributed by atoms with van der Waals surface area (Å²) in [7, 11) is 0. The fraction of sp³-hybridized carbons (Fsp3) is 0.286. The second-order valence-corrected chi connectivity index (χ2v) is 4.70. The number of fused-ring (bicyclic) bond motifs is 1. The number of imidazole rings is 1. The number of carbonyl (C=O) groups is 1. The molecule has 1 amide bonds. The Morgan fingerprint density at radius 3 is 2.85 bits per heavy atom. The third kappa shape index (κ3) is 2.45. The van der Waals surface area contributed by atoms with Crippen LogP contribution in [0.3, 0.4) is 0 Å². The molecular weight excluding hydrogens is 258 g/mol. The molecule has 0 spiro atoms. The average Bonchev–Trinajstić information content (AvgIpc) is 2.87. The molecule has 1 aliphatic rings. The minimum Gasteiger partial charge on any atom is -0.445 e. The number of H-pyrrole nitrogens is 1. The van der Waals surface area contributed by atoms with E-state index in [-0.39, 0.29) is 18.4 Å². The van der Waals surface area contributed by atoms with Gasteiger partial charge in [-0.15, -0.1) is 0 Å². The molecule has 0 fully saturated rings. The van der Waals surface area contributed by atoms with Crippen LogP contribution in [0.5, 0.6) is 0 Å². The number of ether oxygens (including phenoxy) is 1. The van der Waals surface area contributed by atoms with Crippen LogP contribution in [0.2, 0.25) is 0 Å². The van der Waals surface area contributed by atoms with Crippen molar-refractivity contribution in [1.29, 1.82) is 0 Å². The summed E-state index contributed by atoms with van der Waals surface area (Å²) in [5, 5.41) is 0. The van der Waals surface area contributed by atoms with Gasteiger partial charge in [0.1, 0.15) is 6.61 Å². The lowest BCUT2D eigenvalue weighted by Crippen LogP contribution is -2.40. The van der Waals surface area contributed by atoms with Gasteiger partial charge in [0, 0.05) is 19.3 Å². The van der Waals surface area contributed by atoms with Crippen LogP contribution in [0.4, 0.5) is 4.79 Å². The number of hydrogen-bond acceptors (Lipinski definition) is 3. The zero-order chi connectivity index (χ0) is 13.9. The standard InChI is InChI=1S/C14H15N3O3/c18-13-15-8-12-9-16(6-7-17(12)13)14(19)20-10-11-4-2-1-3-5-11/h1-5,8H,6-7,9-10H2,(H,15,18). The SMILES string of the molecule is O=C(OCc1ccccc1)N1CCn2c(c[nH]c2=O)C1. The maximum atomic E-state index is 12.0. The Kier molecular flexibility index (Phi) is 3.28. The first-order valence-corrected chi connectivity index (χ1v) is 6.47. The van der Waals surface area contributed by atoms with Crippen LogP contribution in [0, 0.1) is 0 Å². The lowest BCUT2D eigenvalue weighted by atomic mass is 10.2.